The Labute approximate surface area is 74.6 Å². The summed E-state index contributed by atoms with van der Waals surface area (Å²) in [5.74, 6) is 0.441. The van der Waals surface area contributed by atoms with Crippen molar-refractivity contribution in [2.45, 2.75) is 6.54 Å². The Morgan fingerprint density at radius 2 is 2.15 bits per heavy atom. The molecule has 0 saturated carbocycles. The lowest BCUT2D eigenvalue weighted by Crippen LogP contribution is -2.09. The largest absolute Gasteiger partial charge is 0.382 e. The number of hydrogen-bond donors (Lipinski definition) is 2. The number of nitrogens with two attached hydrogens (primary N) is 2. The first-order valence-corrected chi connectivity index (χ1v) is 3.94. The molecule has 2 aromatic rings. The van der Waals surface area contributed by atoms with Crippen molar-refractivity contribution in [2.75, 3.05) is 12.3 Å². The van der Waals surface area contributed by atoms with Crippen LogP contribution in [0.2, 0.25) is 0 Å². The number of nitrogen functional groups attached to an aromatic ring is 1. The van der Waals surface area contributed by atoms with E-state index in [-0.39, 0.29) is 0 Å². The van der Waals surface area contributed by atoms with Gasteiger partial charge >= 0.3 is 0 Å². The standard InChI is InChI=1S/C7H10N6/c8-1-2-13-4-12-7-5(13)6(9)10-3-11-7/h3-4H,1-2,8H2,(H2,9,10,11). The molecule has 0 aliphatic carbocycles. The number of rotatable bonds is 2. The zero-order valence-electron chi connectivity index (χ0n) is 7.01. The molecule has 0 unspecified atom stereocenters. The Kier molecular flexibility index (Phi) is 1.82. The number of nitrogens with zero attached hydrogens (tertiary/aromatic N) is 4. The van der Waals surface area contributed by atoms with E-state index in [1.54, 1.807) is 6.33 Å². The fourth-order valence-electron chi connectivity index (χ4n) is 1.24. The summed E-state index contributed by atoms with van der Waals surface area (Å²) in [6.45, 7) is 1.22. The second kappa shape index (κ2) is 2.98. The summed E-state index contributed by atoms with van der Waals surface area (Å²) in [5, 5.41) is 0. The zero-order valence-corrected chi connectivity index (χ0v) is 7.01. The highest BCUT2D eigenvalue weighted by molar-refractivity contribution is 5.81. The maximum atomic E-state index is 5.68. The van der Waals surface area contributed by atoms with Crippen molar-refractivity contribution in [1.82, 2.24) is 19.5 Å². The molecule has 6 heteroatoms. The van der Waals surface area contributed by atoms with E-state index in [1.807, 2.05) is 4.57 Å². The second-order valence-corrected chi connectivity index (χ2v) is 2.66. The summed E-state index contributed by atoms with van der Waals surface area (Å²) in [7, 11) is 0. The minimum Gasteiger partial charge on any atom is -0.382 e. The molecule has 68 valence electrons. The van der Waals surface area contributed by atoms with E-state index >= 15 is 0 Å². The molecule has 0 spiro atoms. The summed E-state index contributed by atoms with van der Waals surface area (Å²) in [6.07, 6.45) is 3.07. The summed E-state index contributed by atoms with van der Waals surface area (Å²) in [5.41, 5.74) is 12.5. The van der Waals surface area contributed by atoms with Crippen LogP contribution in [0.4, 0.5) is 5.82 Å². The molecule has 0 atom stereocenters. The molecular formula is C7H10N6. The normalized spacial score (nSPS) is 10.8. The minimum absolute atomic E-state index is 0.441. The predicted molar refractivity (Wildman–Crippen MR) is 48.8 cm³/mol. The Hall–Kier alpha value is -1.69. The molecule has 2 rings (SSSR count). The summed E-state index contributed by atoms with van der Waals surface area (Å²) in [4.78, 5) is 11.9. The van der Waals surface area contributed by atoms with E-state index in [9.17, 15) is 0 Å². The van der Waals surface area contributed by atoms with Crippen molar-refractivity contribution in [3.8, 4) is 0 Å². The molecule has 0 aliphatic rings. The van der Waals surface area contributed by atoms with Crippen LogP contribution in [-0.2, 0) is 6.54 Å². The molecule has 0 saturated heterocycles. The van der Waals surface area contributed by atoms with Gasteiger partial charge in [0.25, 0.3) is 0 Å². The van der Waals surface area contributed by atoms with E-state index in [4.69, 9.17) is 11.5 Å². The maximum absolute atomic E-state index is 5.68. The van der Waals surface area contributed by atoms with Gasteiger partial charge in [-0.2, -0.15) is 0 Å². The maximum Gasteiger partial charge on any atom is 0.182 e. The molecule has 6 nitrogen and oxygen atoms in total. The third kappa shape index (κ3) is 1.20. The topological polar surface area (TPSA) is 95.6 Å². The number of hydrogen-bond acceptors (Lipinski definition) is 5. The highest BCUT2D eigenvalue weighted by Crippen LogP contribution is 2.14. The number of imidazole rings is 1. The van der Waals surface area contributed by atoms with E-state index in [2.05, 4.69) is 15.0 Å². The van der Waals surface area contributed by atoms with Crippen molar-refractivity contribution >= 4 is 17.0 Å². The molecule has 0 radical (unpaired) electrons. The van der Waals surface area contributed by atoms with Crippen LogP contribution in [0.15, 0.2) is 12.7 Å². The van der Waals surface area contributed by atoms with E-state index in [1.165, 1.54) is 6.33 Å². The van der Waals surface area contributed by atoms with Gasteiger partial charge in [-0.1, -0.05) is 0 Å². The van der Waals surface area contributed by atoms with Crippen LogP contribution in [-0.4, -0.2) is 26.1 Å². The van der Waals surface area contributed by atoms with Crippen LogP contribution in [0, 0.1) is 0 Å². The van der Waals surface area contributed by atoms with Crippen LogP contribution in [0.5, 0.6) is 0 Å². The number of fused-ring (bicyclic) bond motifs is 1. The summed E-state index contributed by atoms with van der Waals surface area (Å²) in [6, 6.07) is 0. The van der Waals surface area contributed by atoms with Crippen molar-refractivity contribution in [3.05, 3.63) is 12.7 Å². The molecule has 0 aromatic carbocycles. The van der Waals surface area contributed by atoms with Crippen LogP contribution in [0.25, 0.3) is 11.2 Å². The molecule has 0 fully saturated rings. The number of anilines is 1. The van der Waals surface area contributed by atoms with Crippen LogP contribution in [0.3, 0.4) is 0 Å². The van der Waals surface area contributed by atoms with Gasteiger partial charge in [0.1, 0.15) is 11.8 Å². The highest BCUT2D eigenvalue weighted by Gasteiger charge is 2.06. The van der Waals surface area contributed by atoms with Gasteiger partial charge in [0.2, 0.25) is 0 Å². The first kappa shape index (κ1) is 7.93. The average Bonchev–Trinajstić information content (AvgIpc) is 2.51. The average molecular weight is 178 g/mol. The minimum atomic E-state index is 0.441. The van der Waals surface area contributed by atoms with Crippen LogP contribution >= 0.6 is 0 Å². The molecule has 0 aliphatic heterocycles. The second-order valence-electron chi connectivity index (χ2n) is 2.66. The summed E-state index contributed by atoms with van der Waals surface area (Å²) < 4.78 is 1.85. The molecule has 0 amide bonds. The molecule has 0 bridgehead atoms. The van der Waals surface area contributed by atoms with Gasteiger partial charge in [0.05, 0.1) is 6.33 Å². The van der Waals surface area contributed by atoms with Crippen LogP contribution in [0.1, 0.15) is 0 Å². The molecule has 2 heterocycles. The predicted octanol–water partition coefficient (Wildman–Crippen LogP) is -0.633. The zero-order chi connectivity index (χ0) is 9.26. The molecule has 4 N–H and O–H groups in total. The Morgan fingerprint density at radius 3 is 2.92 bits per heavy atom. The first-order chi connectivity index (χ1) is 6.33. The summed E-state index contributed by atoms with van der Waals surface area (Å²) >= 11 is 0. The Bertz CT molecular complexity index is 420. The Morgan fingerprint density at radius 1 is 1.31 bits per heavy atom. The Balaban J connectivity index is 2.64. The van der Waals surface area contributed by atoms with Crippen molar-refractivity contribution in [3.63, 3.8) is 0 Å². The molecule has 13 heavy (non-hydrogen) atoms. The fraction of sp³-hybridized carbons (Fsp3) is 0.286. The van der Waals surface area contributed by atoms with E-state index < -0.39 is 0 Å². The molecular weight excluding hydrogens is 168 g/mol. The van der Waals surface area contributed by atoms with Gasteiger partial charge in [-0.15, -0.1) is 0 Å². The third-order valence-corrected chi connectivity index (χ3v) is 1.81. The quantitative estimate of drug-likeness (QED) is 0.638. The SMILES string of the molecule is NCCn1cnc2ncnc(N)c21. The van der Waals surface area contributed by atoms with Gasteiger partial charge in [-0.05, 0) is 0 Å². The van der Waals surface area contributed by atoms with Gasteiger partial charge < -0.3 is 16.0 Å². The fourth-order valence-corrected chi connectivity index (χ4v) is 1.24. The van der Waals surface area contributed by atoms with Gasteiger partial charge in [0.15, 0.2) is 11.5 Å². The first-order valence-electron chi connectivity index (χ1n) is 3.94. The lowest BCUT2D eigenvalue weighted by Gasteiger charge is -2.01. The highest BCUT2D eigenvalue weighted by atomic mass is 15.1. The van der Waals surface area contributed by atoms with Crippen LogP contribution < -0.4 is 11.5 Å². The monoisotopic (exact) mass is 178 g/mol. The van der Waals surface area contributed by atoms with Gasteiger partial charge in [-0.25, -0.2) is 15.0 Å². The van der Waals surface area contributed by atoms with Crippen molar-refractivity contribution < 1.29 is 0 Å². The van der Waals surface area contributed by atoms with Gasteiger partial charge in [-0.3, -0.25) is 0 Å². The lowest BCUT2D eigenvalue weighted by molar-refractivity contribution is 0.728. The van der Waals surface area contributed by atoms with E-state index in [0.717, 1.165) is 5.52 Å². The smallest absolute Gasteiger partial charge is 0.182 e. The lowest BCUT2D eigenvalue weighted by atomic mass is 10.5. The van der Waals surface area contributed by atoms with Gasteiger partial charge in [0, 0.05) is 13.1 Å². The van der Waals surface area contributed by atoms with Crippen molar-refractivity contribution in [1.29, 1.82) is 0 Å². The van der Waals surface area contributed by atoms with Crippen molar-refractivity contribution in [2.24, 2.45) is 5.73 Å². The van der Waals surface area contributed by atoms with E-state index in [0.29, 0.717) is 24.6 Å². The molecule has 2 aromatic heterocycles. The number of aromatic nitrogens is 4. The third-order valence-electron chi connectivity index (χ3n) is 1.81.